The van der Waals surface area contributed by atoms with Crippen LogP contribution in [0, 0.1) is 0 Å². The Morgan fingerprint density at radius 2 is 2.00 bits per heavy atom. The van der Waals surface area contributed by atoms with Crippen LogP contribution in [0.3, 0.4) is 0 Å². The molecule has 2 aromatic heterocycles. The van der Waals surface area contributed by atoms with Gasteiger partial charge in [0.1, 0.15) is 0 Å². The molecule has 0 bridgehead atoms. The van der Waals surface area contributed by atoms with Crippen LogP contribution < -0.4 is 9.79 Å². The van der Waals surface area contributed by atoms with E-state index < -0.39 is 12.6 Å². The van der Waals surface area contributed by atoms with E-state index in [-0.39, 0.29) is 0 Å². The van der Waals surface area contributed by atoms with Crippen LogP contribution in [-0.2, 0) is 11.0 Å². The van der Waals surface area contributed by atoms with Gasteiger partial charge in [0.2, 0.25) is 0 Å². The van der Waals surface area contributed by atoms with Crippen molar-refractivity contribution >= 4 is 25.0 Å². The molecule has 0 radical (unpaired) electrons. The maximum absolute atomic E-state index is 11.9. The number of rotatable bonds is 10. The van der Waals surface area contributed by atoms with Crippen LogP contribution in [0.25, 0.3) is 5.65 Å². The van der Waals surface area contributed by atoms with E-state index in [0.29, 0.717) is 17.1 Å². The summed E-state index contributed by atoms with van der Waals surface area (Å²) in [5.74, 6) is 0.641. The fourth-order valence-electron chi connectivity index (χ4n) is 2.54. The van der Waals surface area contributed by atoms with Crippen molar-refractivity contribution < 1.29 is 14.4 Å². The van der Waals surface area contributed by atoms with Gasteiger partial charge in [-0.05, 0) is 38.7 Å². The van der Waals surface area contributed by atoms with Crippen LogP contribution in [0.5, 0.6) is 0 Å². The van der Waals surface area contributed by atoms with Crippen molar-refractivity contribution in [3.63, 3.8) is 0 Å². The molecular formula is C16H24N3O3PS-2. The minimum atomic E-state index is -4.80. The highest BCUT2D eigenvalue weighted by atomic mass is 32.2. The molecule has 2 heterocycles. The lowest BCUT2D eigenvalue weighted by atomic mass is 10.2. The molecule has 2 aromatic rings. The maximum Gasteiger partial charge on any atom is 0.155 e. The van der Waals surface area contributed by atoms with Crippen molar-refractivity contribution in [3.05, 3.63) is 29.7 Å². The molecule has 6 nitrogen and oxygen atoms in total. The highest BCUT2D eigenvalue weighted by Gasteiger charge is 2.21. The van der Waals surface area contributed by atoms with Crippen LogP contribution in [0.1, 0.15) is 62.3 Å². The van der Waals surface area contributed by atoms with E-state index in [1.165, 1.54) is 16.3 Å². The number of hydrogen-bond acceptors (Lipinski definition) is 6. The smallest absolute Gasteiger partial charge is 0.155 e. The van der Waals surface area contributed by atoms with Gasteiger partial charge in [0.25, 0.3) is 0 Å². The third-order valence-corrected chi connectivity index (χ3v) is 6.93. The molecule has 0 saturated carbocycles. The van der Waals surface area contributed by atoms with Crippen molar-refractivity contribution in [3.8, 4) is 0 Å². The molecule has 1 unspecified atom stereocenters. The van der Waals surface area contributed by atoms with Gasteiger partial charge in [-0.25, -0.2) is 9.50 Å². The van der Waals surface area contributed by atoms with Gasteiger partial charge in [0, 0.05) is 11.8 Å². The number of hydrogen-bond donors (Lipinski definition) is 0. The molecule has 8 heteroatoms. The average molecular weight is 369 g/mol. The van der Waals surface area contributed by atoms with Gasteiger partial charge < -0.3 is 14.4 Å². The van der Waals surface area contributed by atoms with E-state index in [9.17, 15) is 14.4 Å². The average Bonchev–Trinajstić information content (AvgIpc) is 2.99. The minimum Gasteiger partial charge on any atom is -0.810 e. The van der Waals surface area contributed by atoms with Crippen LogP contribution in [0.15, 0.2) is 18.3 Å². The van der Waals surface area contributed by atoms with Gasteiger partial charge >= 0.3 is 0 Å². The highest BCUT2D eigenvalue weighted by Crippen LogP contribution is 2.52. The predicted molar refractivity (Wildman–Crippen MR) is 93.9 cm³/mol. The van der Waals surface area contributed by atoms with Gasteiger partial charge in [-0.2, -0.15) is 5.10 Å². The van der Waals surface area contributed by atoms with E-state index in [2.05, 4.69) is 23.9 Å². The summed E-state index contributed by atoms with van der Waals surface area (Å²) in [6.07, 6.45) is 7.31. The number of thioether (sulfide) groups is 1. The minimum absolute atomic E-state index is 0.422. The monoisotopic (exact) mass is 369 g/mol. The summed E-state index contributed by atoms with van der Waals surface area (Å²) in [5, 5.41) is 4.16. The summed E-state index contributed by atoms with van der Waals surface area (Å²) in [6.45, 7) is 4.18. The molecule has 24 heavy (non-hydrogen) atoms. The summed E-state index contributed by atoms with van der Waals surface area (Å²) >= 11 is 1.20. The second-order valence-electron chi connectivity index (χ2n) is 5.85. The van der Waals surface area contributed by atoms with Gasteiger partial charge in [-0.3, -0.25) is 0 Å². The molecule has 2 rings (SSSR count). The van der Waals surface area contributed by atoms with Crippen LogP contribution in [0.4, 0.5) is 0 Å². The zero-order valence-corrected chi connectivity index (χ0v) is 15.9. The second kappa shape index (κ2) is 8.99. The molecule has 0 amide bonds. The topological polar surface area (TPSA) is 93.4 Å². The number of fused-ring (bicyclic) bond motifs is 1. The van der Waals surface area contributed by atoms with Crippen LogP contribution in [-0.4, -0.2) is 20.4 Å². The Kier molecular flexibility index (Phi) is 7.29. The summed E-state index contributed by atoms with van der Waals surface area (Å²) in [4.78, 5) is 27.1. The molecule has 134 valence electrons. The van der Waals surface area contributed by atoms with Crippen LogP contribution in [0.2, 0.25) is 0 Å². The van der Waals surface area contributed by atoms with Gasteiger partial charge in [-0.15, -0.1) is 11.8 Å². The van der Waals surface area contributed by atoms with Gasteiger partial charge in [0.05, 0.1) is 16.9 Å². The molecule has 1 atom stereocenters. The van der Waals surface area contributed by atoms with Gasteiger partial charge in [0.15, 0.2) is 5.65 Å². The molecule has 0 fully saturated rings. The Hall–Kier alpha value is -0.880. The SMILES string of the molecule is CCCCCSC(c1cc(CCCC)nc2ccnn12)P(=O)([O-])[O-]. The van der Waals surface area contributed by atoms with E-state index >= 15 is 0 Å². The van der Waals surface area contributed by atoms with Crippen molar-refractivity contribution in [2.75, 3.05) is 5.75 Å². The molecule has 0 aliphatic rings. The van der Waals surface area contributed by atoms with Crippen molar-refractivity contribution in [2.45, 2.75) is 57.4 Å². The molecular weight excluding hydrogens is 345 g/mol. The summed E-state index contributed by atoms with van der Waals surface area (Å²) in [7, 11) is -4.80. The fourth-order valence-corrected chi connectivity index (χ4v) is 5.03. The normalized spacial score (nSPS) is 13.5. The van der Waals surface area contributed by atoms with E-state index in [1.54, 1.807) is 18.3 Å². The summed E-state index contributed by atoms with van der Waals surface area (Å²) in [6, 6.07) is 3.47. The second-order valence-corrected chi connectivity index (χ2v) is 9.01. The third-order valence-electron chi connectivity index (χ3n) is 3.79. The fraction of sp³-hybridized carbons (Fsp3) is 0.625. The first-order valence-electron chi connectivity index (χ1n) is 8.44. The zero-order valence-electron chi connectivity index (χ0n) is 14.2. The lowest BCUT2D eigenvalue weighted by Crippen LogP contribution is -2.21. The number of aryl methyl sites for hydroxylation is 1. The lowest BCUT2D eigenvalue weighted by molar-refractivity contribution is -0.314. The summed E-state index contributed by atoms with van der Waals surface area (Å²) < 4.78 is 13.4. The molecule has 0 saturated heterocycles. The van der Waals surface area contributed by atoms with Crippen molar-refractivity contribution in [1.82, 2.24) is 14.6 Å². The maximum atomic E-state index is 11.9. The van der Waals surface area contributed by atoms with Crippen molar-refractivity contribution in [2.24, 2.45) is 0 Å². The molecule has 0 aliphatic heterocycles. The highest BCUT2D eigenvalue weighted by molar-refractivity contribution is 8.04. The first kappa shape index (κ1) is 19.4. The van der Waals surface area contributed by atoms with Gasteiger partial charge in [-0.1, -0.05) is 33.1 Å². The largest absolute Gasteiger partial charge is 0.810 e. The first-order valence-corrected chi connectivity index (χ1v) is 11.1. The summed E-state index contributed by atoms with van der Waals surface area (Å²) in [5.41, 5.74) is 1.82. The van der Waals surface area contributed by atoms with Crippen LogP contribution >= 0.6 is 19.4 Å². The Morgan fingerprint density at radius 1 is 1.25 bits per heavy atom. The van der Waals surface area contributed by atoms with E-state index in [4.69, 9.17) is 0 Å². The molecule has 0 aromatic carbocycles. The standard InChI is InChI=1S/C16H26N3O3PS/c1-3-5-7-11-24-16(23(20,21)22)14-12-13(8-6-4-2)18-15-9-10-17-19(14)15/h9-10,12,16H,3-8,11H2,1-2H3,(H2,20,21,22)/p-2. The predicted octanol–water partition coefficient (Wildman–Crippen LogP) is 2.91. The number of unbranched alkanes of at least 4 members (excludes halogenated alkanes) is 3. The molecule has 0 spiro atoms. The molecule has 0 aliphatic carbocycles. The van der Waals surface area contributed by atoms with E-state index in [1.807, 2.05) is 0 Å². The Labute approximate surface area is 147 Å². The van der Waals surface area contributed by atoms with E-state index in [0.717, 1.165) is 44.2 Å². The first-order chi connectivity index (χ1) is 11.5. The zero-order chi connectivity index (χ0) is 17.6. The lowest BCUT2D eigenvalue weighted by Gasteiger charge is -2.38. The quantitative estimate of drug-likeness (QED) is 0.472. The Morgan fingerprint density at radius 3 is 2.67 bits per heavy atom. The Bertz CT molecular complexity index is 701. The number of aromatic nitrogens is 3. The molecule has 0 N–H and O–H groups in total. The number of nitrogens with zero attached hydrogens (tertiary/aromatic N) is 3. The third kappa shape index (κ3) is 5.06. The Balaban J connectivity index is 2.36. The van der Waals surface area contributed by atoms with Crippen molar-refractivity contribution in [1.29, 1.82) is 0 Å².